The minimum atomic E-state index is -0.795. The minimum absolute atomic E-state index is 0.00354. The van der Waals surface area contributed by atoms with Crippen LogP contribution in [-0.2, 0) is 9.53 Å². The monoisotopic (exact) mass is 424 g/mol. The summed E-state index contributed by atoms with van der Waals surface area (Å²) >= 11 is 0. The Labute approximate surface area is 179 Å². The van der Waals surface area contributed by atoms with E-state index < -0.39 is 24.5 Å². The number of hydrogen-bond donors (Lipinski definition) is 2. The fourth-order valence-corrected chi connectivity index (χ4v) is 3.12. The molecule has 8 heteroatoms. The van der Waals surface area contributed by atoms with Crippen molar-refractivity contribution in [2.75, 3.05) is 18.5 Å². The number of urea groups is 1. The third kappa shape index (κ3) is 5.22. The number of aryl methyl sites for hydroxylation is 3. The van der Waals surface area contributed by atoms with Gasteiger partial charge in [0.1, 0.15) is 11.3 Å². The molecule has 0 spiro atoms. The van der Waals surface area contributed by atoms with Gasteiger partial charge in [-0.1, -0.05) is 17.7 Å². The number of furan rings is 1. The maximum atomic E-state index is 12.4. The van der Waals surface area contributed by atoms with Gasteiger partial charge >= 0.3 is 12.0 Å². The summed E-state index contributed by atoms with van der Waals surface area (Å²) in [5.41, 5.74) is 3.58. The number of fused-ring (bicyclic) bond motifs is 1. The first-order valence-electron chi connectivity index (χ1n) is 9.79. The third-order valence-electron chi connectivity index (χ3n) is 4.62. The number of benzene rings is 2. The molecular weight excluding hydrogens is 400 g/mol. The molecule has 2 N–H and O–H groups in total. The van der Waals surface area contributed by atoms with Crippen molar-refractivity contribution in [1.29, 1.82) is 0 Å². The van der Waals surface area contributed by atoms with E-state index in [1.807, 2.05) is 32.9 Å². The van der Waals surface area contributed by atoms with E-state index >= 15 is 0 Å². The van der Waals surface area contributed by atoms with Gasteiger partial charge in [-0.25, -0.2) is 9.59 Å². The van der Waals surface area contributed by atoms with E-state index in [4.69, 9.17) is 13.9 Å². The van der Waals surface area contributed by atoms with Crippen LogP contribution in [0.15, 0.2) is 40.8 Å². The van der Waals surface area contributed by atoms with Gasteiger partial charge in [0.25, 0.3) is 5.91 Å². The highest BCUT2D eigenvalue weighted by molar-refractivity contribution is 6.03. The summed E-state index contributed by atoms with van der Waals surface area (Å²) in [5, 5.41) is 5.43. The lowest BCUT2D eigenvalue weighted by Gasteiger charge is -2.10. The largest absolute Gasteiger partial charge is 0.494 e. The molecule has 3 amide bonds. The Morgan fingerprint density at radius 3 is 2.52 bits per heavy atom. The van der Waals surface area contributed by atoms with Crippen molar-refractivity contribution in [3.8, 4) is 5.75 Å². The number of carbonyl (C=O) groups is 3. The zero-order valence-corrected chi connectivity index (χ0v) is 17.8. The number of anilines is 1. The summed E-state index contributed by atoms with van der Waals surface area (Å²) in [5.74, 6) is -0.899. The zero-order chi connectivity index (χ0) is 22.5. The number of ether oxygens (including phenoxy) is 2. The fraction of sp³-hybridized carbons (Fsp3) is 0.261. The van der Waals surface area contributed by atoms with Gasteiger partial charge in [-0.2, -0.15) is 0 Å². The van der Waals surface area contributed by atoms with Crippen molar-refractivity contribution in [2.24, 2.45) is 0 Å². The highest BCUT2D eigenvalue weighted by Crippen LogP contribution is 2.29. The van der Waals surface area contributed by atoms with Crippen molar-refractivity contribution in [1.82, 2.24) is 5.32 Å². The van der Waals surface area contributed by atoms with E-state index in [1.165, 1.54) is 0 Å². The molecule has 0 saturated carbocycles. The number of amides is 3. The molecule has 0 bridgehead atoms. The smallest absolute Gasteiger partial charge is 0.375 e. The number of hydrogen-bond acceptors (Lipinski definition) is 6. The predicted molar refractivity (Wildman–Crippen MR) is 115 cm³/mol. The molecule has 0 aliphatic carbocycles. The van der Waals surface area contributed by atoms with E-state index in [0.29, 0.717) is 29.2 Å². The molecule has 3 rings (SSSR count). The minimum Gasteiger partial charge on any atom is -0.494 e. The molecule has 0 radical (unpaired) electrons. The summed E-state index contributed by atoms with van der Waals surface area (Å²) in [6.07, 6.45) is 0. The Hall–Kier alpha value is -3.81. The van der Waals surface area contributed by atoms with Crippen LogP contribution in [0.2, 0.25) is 0 Å². The second-order valence-electron chi connectivity index (χ2n) is 7.04. The zero-order valence-electron chi connectivity index (χ0n) is 17.8. The molecule has 0 aliphatic heterocycles. The van der Waals surface area contributed by atoms with E-state index in [2.05, 4.69) is 10.6 Å². The van der Waals surface area contributed by atoms with Gasteiger partial charge < -0.3 is 19.2 Å². The molecule has 3 aromatic rings. The number of rotatable bonds is 6. The summed E-state index contributed by atoms with van der Waals surface area (Å²) in [6.45, 7) is 7.27. The van der Waals surface area contributed by atoms with Gasteiger partial charge in [-0.3, -0.25) is 10.1 Å². The van der Waals surface area contributed by atoms with Gasteiger partial charge in [0.05, 0.1) is 6.61 Å². The van der Waals surface area contributed by atoms with E-state index in [9.17, 15) is 14.4 Å². The third-order valence-corrected chi connectivity index (χ3v) is 4.62. The molecule has 0 unspecified atom stereocenters. The Kier molecular flexibility index (Phi) is 6.59. The number of imide groups is 1. The Morgan fingerprint density at radius 1 is 1.03 bits per heavy atom. The van der Waals surface area contributed by atoms with Crippen LogP contribution < -0.4 is 15.4 Å². The average Bonchev–Trinajstić information content (AvgIpc) is 3.05. The van der Waals surface area contributed by atoms with Crippen molar-refractivity contribution >= 4 is 34.6 Å². The number of carbonyl (C=O) groups excluding carboxylic acids is 3. The van der Waals surface area contributed by atoms with Crippen molar-refractivity contribution in [3.63, 3.8) is 0 Å². The summed E-state index contributed by atoms with van der Waals surface area (Å²) in [6, 6.07) is 10.0. The van der Waals surface area contributed by atoms with Crippen molar-refractivity contribution in [2.45, 2.75) is 27.7 Å². The van der Waals surface area contributed by atoms with Gasteiger partial charge in [-0.05, 0) is 57.5 Å². The van der Waals surface area contributed by atoms with Gasteiger partial charge in [0, 0.05) is 16.6 Å². The molecule has 1 heterocycles. The van der Waals surface area contributed by atoms with Crippen LogP contribution >= 0.6 is 0 Å². The second kappa shape index (κ2) is 9.34. The first-order chi connectivity index (χ1) is 14.8. The molecule has 2 aromatic carbocycles. The Bertz CT molecular complexity index is 1150. The predicted octanol–water partition coefficient (Wildman–Crippen LogP) is 4.26. The number of esters is 1. The molecule has 0 fully saturated rings. The highest BCUT2D eigenvalue weighted by Gasteiger charge is 2.21. The van der Waals surface area contributed by atoms with Gasteiger partial charge in [0.2, 0.25) is 5.76 Å². The highest BCUT2D eigenvalue weighted by atomic mass is 16.5. The molecule has 0 atom stereocenters. The molecule has 1 aromatic heterocycles. The molecule has 8 nitrogen and oxygen atoms in total. The average molecular weight is 424 g/mol. The molecule has 31 heavy (non-hydrogen) atoms. The summed E-state index contributed by atoms with van der Waals surface area (Å²) < 4.78 is 16.0. The van der Waals surface area contributed by atoms with Crippen LogP contribution in [0.3, 0.4) is 0 Å². The van der Waals surface area contributed by atoms with Crippen LogP contribution in [0, 0.1) is 20.8 Å². The van der Waals surface area contributed by atoms with E-state index in [0.717, 1.165) is 16.5 Å². The van der Waals surface area contributed by atoms with Crippen LogP contribution in [0.4, 0.5) is 10.5 Å². The van der Waals surface area contributed by atoms with Crippen molar-refractivity contribution < 1.29 is 28.3 Å². The Balaban J connectivity index is 1.58. The molecule has 162 valence electrons. The maximum absolute atomic E-state index is 12.4. The maximum Gasteiger partial charge on any atom is 0.375 e. The van der Waals surface area contributed by atoms with Crippen LogP contribution in [-0.4, -0.2) is 31.1 Å². The standard InChI is InChI=1S/C23H24N2O6/c1-5-29-16-7-9-19-17(11-16)15(4)21(31-19)22(27)30-12-20(26)25-23(28)24-18-8-6-13(2)10-14(18)3/h6-11H,5,12H2,1-4H3,(H2,24,25,26,28). The Morgan fingerprint density at radius 2 is 1.81 bits per heavy atom. The fourth-order valence-electron chi connectivity index (χ4n) is 3.12. The van der Waals surface area contributed by atoms with Gasteiger partial charge in [-0.15, -0.1) is 0 Å². The van der Waals surface area contributed by atoms with Crippen LogP contribution in [0.1, 0.15) is 34.2 Å². The van der Waals surface area contributed by atoms with Crippen LogP contribution in [0.25, 0.3) is 11.0 Å². The molecule has 0 saturated heterocycles. The van der Waals surface area contributed by atoms with Crippen molar-refractivity contribution in [3.05, 3.63) is 58.8 Å². The normalized spacial score (nSPS) is 10.6. The summed E-state index contributed by atoms with van der Waals surface area (Å²) in [4.78, 5) is 36.4. The van der Waals surface area contributed by atoms with Crippen LogP contribution in [0.5, 0.6) is 5.75 Å². The van der Waals surface area contributed by atoms with E-state index in [1.54, 1.807) is 31.2 Å². The summed E-state index contributed by atoms with van der Waals surface area (Å²) in [7, 11) is 0. The first kappa shape index (κ1) is 21.9. The SMILES string of the molecule is CCOc1ccc2oc(C(=O)OCC(=O)NC(=O)Nc3ccc(C)cc3C)c(C)c2c1. The lowest BCUT2D eigenvalue weighted by Crippen LogP contribution is -2.37. The number of nitrogens with one attached hydrogen (secondary N) is 2. The molecular formula is C23H24N2O6. The first-order valence-corrected chi connectivity index (χ1v) is 9.79. The lowest BCUT2D eigenvalue weighted by atomic mass is 10.1. The lowest BCUT2D eigenvalue weighted by molar-refractivity contribution is -0.123. The second-order valence-corrected chi connectivity index (χ2v) is 7.04. The molecule has 0 aliphatic rings. The van der Waals surface area contributed by atoms with E-state index in [-0.39, 0.29) is 5.76 Å². The van der Waals surface area contributed by atoms with Gasteiger partial charge in [0.15, 0.2) is 6.61 Å². The topological polar surface area (TPSA) is 107 Å². The quantitative estimate of drug-likeness (QED) is 0.573.